The maximum Gasteiger partial charge on any atom is 0.254 e. The number of hydrogen-bond acceptors (Lipinski definition) is 7. The van der Waals surface area contributed by atoms with Crippen LogP contribution in [0.1, 0.15) is 55.8 Å². The minimum Gasteiger partial charge on any atom is -0.387 e. The monoisotopic (exact) mass is 398 g/mol. The van der Waals surface area contributed by atoms with Gasteiger partial charge in [0.2, 0.25) is 0 Å². The third kappa shape index (κ3) is 7.34. The third-order valence-electron chi connectivity index (χ3n) is 4.77. The van der Waals surface area contributed by atoms with Crippen LogP contribution in [0.15, 0.2) is 12.1 Å². The van der Waals surface area contributed by atoms with Gasteiger partial charge in [-0.1, -0.05) is 0 Å². The first-order valence-electron chi connectivity index (χ1n) is 9.43. The molecule has 2 rings (SSSR count). The maximum atomic E-state index is 11.5. The number of carbonyl (C=O) groups excluding carboxylic acids is 1. The summed E-state index contributed by atoms with van der Waals surface area (Å²) in [6.45, 7) is 2.45. The molecule has 1 aromatic rings. The van der Waals surface area contributed by atoms with E-state index >= 15 is 0 Å². The Bertz CT molecular complexity index is 731. The van der Waals surface area contributed by atoms with Gasteiger partial charge in [0.15, 0.2) is 0 Å². The Morgan fingerprint density at radius 2 is 2.00 bits per heavy atom. The molecule has 8 nitrogen and oxygen atoms in total. The standard InChI is InChI=1S/C18H30N4O4S/c1-3-20-26-18-15(17(19)23)10-11-16(22-18)21-14-8-6-13(7-9-14)5-4-12-27(2,24)25/h10-11,13-14,20H,3-9,12H2,1-2H3,(H2,19,23)(H,21,22). The van der Waals surface area contributed by atoms with Crippen LogP contribution in [0.2, 0.25) is 0 Å². The van der Waals surface area contributed by atoms with E-state index in [9.17, 15) is 13.2 Å². The van der Waals surface area contributed by atoms with E-state index in [4.69, 9.17) is 10.6 Å². The van der Waals surface area contributed by atoms with E-state index in [1.807, 2.05) is 6.92 Å². The molecule has 0 atom stereocenters. The molecule has 1 aliphatic rings. The van der Waals surface area contributed by atoms with Gasteiger partial charge in [0, 0.05) is 24.6 Å². The molecule has 1 saturated carbocycles. The van der Waals surface area contributed by atoms with Crippen molar-refractivity contribution in [1.29, 1.82) is 0 Å². The molecule has 1 heterocycles. The van der Waals surface area contributed by atoms with Crippen molar-refractivity contribution in [3.05, 3.63) is 17.7 Å². The van der Waals surface area contributed by atoms with E-state index in [2.05, 4.69) is 15.8 Å². The lowest BCUT2D eigenvalue weighted by molar-refractivity contribution is 0.0990. The number of rotatable bonds is 10. The van der Waals surface area contributed by atoms with Gasteiger partial charge in [-0.05, 0) is 63.5 Å². The first-order chi connectivity index (χ1) is 12.8. The van der Waals surface area contributed by atoms with Crippen LogP contribution in [-0.2, 0) is 9.84 Å². The molecular formula is C18H30N4O4S. The van der Waals surface area contributed by atoms with Crippen LogP contribution in [0.5, 0.6) is 5.88 Å². The van der Waals surface area contributed by atoms with Gasteiger partial charge in [0.1, 0.15) is 21.2 Å². The molecule has 0 aromatic carbocycles. The van der Waals surface area contributed by atoms with Crippen LogP contribution in [0.4, 0.5) is 5.82 Å². The molecule has 1 amide bonds. The first kappa shape index (κ1) is 21.4. The van der Waals surface area contributed by atoms with Gasteiger partial charge in [-0.3, -0.25) is 4.79 Å². The molecule has 0 unspecified atom stereocenters. The number of aromatic nitrogens is 1. The Morgan fingerprint density at radius 3 is 2.59 bits per heavy atom. The number of nitrogens with two attached hydrogens (primary N) is 1. The molecule has 0 bridgehead atoms. The lowest BCUT2D eigenvalue weighted by Crippen LogP contribution is -2.27. The molecule has 0 aliphatic heterocycles. The highest BCUT2D eigenvalue weighted by molar-refractivity contribution is 7.90. The van der Waals surface area contributed by atoms with Crippen LogP contribution >= 0.6 is 0 Å². The first-order valence-corrected chi connectivity index (χ1v) is 11.5. The van der Waals surface area contributed by atoms with Crippen LogP contribution in [0.25, 0.3) is 0 Å². The number of pyridine rings is 1. The van der Waals surface area contributed by atoms with Gasteiger partial charge < -0.3 is 15.9 Å². The molecule has 0 spiro atoms. The minimum atomic E-state index is -2.87. The second kappa shape index (κ2) is 9.89. The van der Waals surface area contributed by atoms with Crippen LogP contribution in [0.3, 0.4) is 0 Å². The average Bonchev–Trinajstić information content (AvgIpc) is 2.60. The number of primary amides is 1. The summed E-state index contributed by atoms with van der Waals surface area (Å²) in [5.41, 5.74) is 8.28. The van der Waals surface area contributed by atoms with Gasteiger partial charge in [0.05, 0.1) is 0 Å². The van der Waals surface area contributed by atoms with E-state index in [0.29, 0.717) is 24.3 Å². The Morgan fingerprint density at radius 1 is 1.30 bits per heavy atom. The van der Waals surface area contributed by atoms with Gasteiger partial charge in [-0.25, -0.2) is 8.42 Å². The Balaban J connectivity index is 1.86. The molecule has 0 radical (unpaired) electrons. The zero-order valence-electron chi connectivity index (χ0n) is 16.0. The predicted molar refractivity (Wildman–Crippen MR) is 105 cm³/mol. The fourth-order valence-corrected chi connectivity index (χ4v) is 4.06. The zero-order valence-corrected chi connectivity index (χ0v) is 16.8. The largest absolute Gasteiger partial charge is 0.387 e. The lowest BCUT2D eigenvalue weighted by atomic mass is 9.83. The maximum absolute atomic E-state index is 11.5. The van der Waals surface area contributed by atoms with Crippen molar-refractivity contribution in [3.63, 3.8) is 0 Å². The van der Waals surface area contributed by atoms with Crippen LogP contribution in [0, 0.1) is 5.92 Å². The summed E-state index contributed by atoms with van der Waals surface area (Å²) in [4.78, 5) is 21.2. The normalized spacial score (nSPS) is 20.2. The van der Waals surface area contributed by atoms with E-state index in [1.165, 1.54) is 6.26 Å². The highest BCUT2D eigenvalue weighted by Crippen LogP contribution is 2.30. The van der Waals surface area contributed by atoms with Crippen LogP contribution < -0.4 is 21.4 Å². The number of nitrogens with zero attached hydrogens (tertiary/aromatic N) is 1. The molecule has 1 aromatic heterocycles. The van der Waals surface area contributed by atoms with Crippen molar-refractivity contribution in [2.24, 2.45) is 11.7 Å². The summed E-state index contributed by atoms with van der Waals surface area (Å²) in [7, 11) is -2.87. The Kier molecular flexibility index (Phi) is 7.85. The van der Waals surface area contributed by atoms with Crippen molar-refractivity contribution in [2.75, 3.05) is 23.9 Å². The number of hydroxylamine groups is 1. The number of anilines is 1. The van der Waals surface area contributed by atoms with E-state index < -0.39 is 15.7 Å². The second-order valence-electron chi connectivity index (χ2n) is 7.15. The summed E-state index contributed by atoms with van der Waals surface area (Å²) < 4.78 is 22.5. The topological polar surface area (TPSA) is 123 Å². The van der Waals surface area contributed by atoms with Crippen molar-refractivity contribution in [3.8, 4) is 5.88 Å². The Hall–Kier alpha value is -1.87. The summed E-state index contributed by atoms with van der Waals surface area (Å²) >= 11 is 0. The number of nitrogens with one attached hydrogen (secondary N) is 2. The number of hydrogen-bond donors (Lipinski definition) is 3. The summed E-state index contributed by atoms with van der Waals surface area (Å²) in [5, 5.41) is 3.40. The van der Waals surface area contributed by atoms with Gasteiger partial charge in [-0.15, -0.1) is 0 Å². The summed E-state index contributed by atoms with van der Waals surface area (Å²) in [5.74, 6) is 1.09. The van der Waals surface area contributed by atoms with E-state index in [1.54, 1.807) is 12.1 Å². The predicted octanol–water partition coefficient (Wildman–Crippen LogP) is 1.88. The zero-order chi connectivity index (χ0) is 19.9. The highest BCUT2D eigenvalue weighted by atomic mass is 32.2. The molecular weight excluding hydrogens is 368 g/mol. The van der Waals surface area contributed by atoms with Gasteiger partial charge >= 0.3 is 0 Å². The van der Waals surface area contributed by atoms with Crippen molar-refractivity contribution in [1.82, 2.24) is 10.5 Å². The fourth-order valence-electron chi connectivity index (χ4n) is 3.37. The molecule has 152 valence electrons. The molecule has 1 aliphatic carbocycles. The van der Waals surface area contributed by atoms with Gasteiger partial charge in [0.25, 0.3) is 11.8 Å². The lowest BCUT2D eigenvalue weighted by Gasteiger charge is -2.29. The number of carbonyl (C=O) groups is 1. The average molecular weight is 399 g/mol. The summed E-state index contributed by atoms with van der Waals surface area (Å²) in [6.07, 6.45) is 7.15. The van der Waals surface area contributed by atoms with Crippen LogP contribution in [-0.4, -0.2) is 43.9 Å². The quantitative estimate of drug-likeness (QED) is 0.514. The number of sulfone groups is 1. The smallest absolute Gasteiger partial charge is 0.254 e. The van der Waals surface area contributed by atoms with Crippen molar-refractivity contribution < 1.29 is 18.0 Å². The molecule has 1 fully saturated rings. The van der Waals surface area contributed by atoms with Crippen molar-refractivity contribution in [2.45, 2.75) is 51.5 Å². The van der Waals surface area contributed by atoms with E-state index in [-0.39, 0.29) is 17.2 Å². The third-order valence-corrected chi connectivity index (χ3v) is 5.80. The molecule has 4 N–H and O–H groups in total. The second-order valence-corrected chi connectivity index (χ2v) is 9.41. The highest BCUT2D eigenvalue weighted by Gasteiger charge is 2.22. The molecule has 0 saturated heterocycles. The fraction of sp³-hybridized carbons (Fsp3) is 0.667. The van der Waals surface area contributed by atoms with E-state index in [0.717, 1.165) is 38.5 Å². The summed E-state index contributed by atoms with van der Waals surface area (Å²) in [6, 6.07) is 3.65. The number of amides is 1. The van der Waals surface area contributed by atoms with Crippen molar-refractivity contribution >= 4 is 21.6 Å². The molecule has 27 heavy (non-hydrogen) atoms. The van der Waals surface area contributed by atoms with Gasteiger partial charge in [-0.2, -0.15) is 10.5 Å². The SMILES string of the molecule is CCNOc1nc(NC2CCC(CCCS(C)(=O)=O)CC2)ccc1C(N)=O. The minimum absolute atomic E-state index is 0.170. The molecule has 9 heteroatoms. The Labute approximate surface area is 161 Å².